The second-order valence-electron chi connectivity index (χ2n) is 13.5. The lowest BCUT2D eigenvalue weighted by molar-refractivity contribution is -0.159. The molecule has 0 radical (unpaired) electrons. The van der Waals surface area contributed by atoms with E-state index in [1.165, 1.54) is 0 Å². The van der Waals surface area contributed by atoms with Gasteiger partial charge in [-0.05, 0) is 44.1 Å². The number of rotatable bonds is 12. The summed E-state index contributed by atoms with van der Waals surface area (Å²) >= 11 is 0. The molecule has 3 amide bonds. The van der Waals surface area contributed by atoms with Crippen LogP contribution in [-0.2, 0) is 25.7 Å². The standard InChI is InChI=1S/C35H49N3O5/c1-6-20-36(22-25-14-10-8-11-15-25)31(40)28-29-32(41)38(27(23-39)24(3)4)30(35(29)19-18-34(28,5)43-35)33(42)37(21-7-2)26-16-12-9-13-17-26/h6-8,10-11,14-15,24,26-30,39H,1-2,9,12-13,16-23H2,3-5H3/t27-,28-,29-,30?,34+,35?/m0/s1. The van der Waals surface area contributed by atoms with Crippen molar-refractivity contribution in [1.29, 1.82) is 0 Å². The minimum absolute atomic E-state index is 0.0684. The highest BCUT2D eigenvalue weighted by atomic mass is 16.5. The number of hydrogen-bond donors (Lipinski definition) is 1. The Labute approximate surface area is 256 Å². The predicted octanol–water partition coefficient (Wildman–Crippen LogP) is 4.33. The average molecular weight is 592 g/mol. The molecule has 2 bridgehead atoms. The van der Waals surface area contributed by atoms with E-state index in [9.17, 15) is 19.5 Å². The zero-order chi connectivity index (χ0) is 30.9. The molecule has 1 aliphatic carbocycles. The van der Waals surface area contributed by atoms with Gasteiger partial charge in [-0.1, -0.05) is 75.6 Å². The van der Waals surface area contributed by atoms with E-state index in [4.69, 9.17) is 4.74 Å². The Bertz CT molecular complexity index is 1210. The summed E-state index contributed by atoms with van der Waals surface area (Å²) in [7, 11) is 0. The molecule has 3 saturated heterocycles. The van der Waals surface area contributed by atoms with Gasteiger partial charge in [0.2, 0.25) is 17.7 Å². The van der Waals surface area contributed by atoms with E-state index >= 15 is 0 Å². The van der Waals surface area contributed by atoms with Gasteiger partial charge in [-0.25, -0.2) is 0 Å². The van der Waals surface area contributed by atoms with Gasteiger partial charge in [0.15, 0.2) is 0 Å². The summed E-state index contributed by atoms with van der Waals surface area (Å²) < 4.78 is 6.92. The minimum atomic E-state index is -1.13. The molecule has 1 saturated carbocycles. The minimum Gasteiger partial charge on any atom is -0.394 e. The van der Waals surface area contributed by atoms with E-state index in [2.05, 4.69) is 13.2 Å². The zero-order valence-electron chi connectivity index (χ0n) is 26.1. The normalized spacial score (nSPS) is 30.8. The van der Waals surface area contributed by atoms with Crippen LogP contribution >= 0.6 is 0 Å². The lowest BCUT2D eigenvalue weighted by Gasteiger charge is -2.43. The van der Waals surface area contributed by atoms with E-state index in [-0.39, 0.29) is 36.3 Å². The van der Waals surface area contributed by atoms with Crippen molar-refractivity contribution in [1.82, 2.24) is 14.7 Å². The Balaban J connectivity index is 1.57. The fraction of sp³-hybridized carbons (Fsp3) is 0.629. The Kier molecular flexibility index (Phi) is 9.19. The highest BCUT2D eigenvalue weighted by molar-refractivity contribution is 5.99. The fourth-order valence-electron chi connectivity index (χ4n) is 8.49. The van der Waals surface area contributed by atoms with Crippen molar-refractivity contribution < 1.29 is 24.2 Å². The van der Waals surface area contributed by atoms with Crippen molar-refractivity contribution in [2.24, 2.45) is 17.8 Å². The molecule has 1 aromatic rings. The first-order chi connectivity index (χ1) is 20.6. The van der Waals surface area contributed by atoms with Crippen LogP contribution < -0.4 is 0 Å². The molecule has 0 aromatic heterocycles. The maximum atomic E-state index is 14.8. The highest BCUT2D eigenvalue weighted by Gasteiger charge is 2.79. The van der Waals surface area contributed by atoms with Crippen LogP contribution in [0.3, 0.4) is 0 Å². The van der Waals surface area contributed by atoms with E-state index in [0.717, 1.165) is 37.7 Å². The lowest BCUT2D eigenvalue weighted by Crippen LogP contribution is -2.61. The number of carbonyl (C=O) groups is 3. The summed E-state index contributed by atoms with van der Waals surface area (Å²) in [6, 6.07) is 8.38. The third-order valence-electron chi connectivity index (χ3n) is 10.5. The van der Waals surface area contributed by atoms with E-state index in [1.54, 1.807) is 22.0 Å². The number of nitrogens with zero attached hydrogens (tertiary/aromatic N) is 3. The molecule has 43 heavy (non-hydrogen) atoms. The molecule has 6 atom stereocenters. The SMILES string of the molecule is C=CCN(Cc1ccccc1)C(=O)[C@@H]1[C@H]2C(=O)N([C@@H](CO)C(C)C)C(C(=O)N(CC=C)C3CCCCC3)C23CC[C@@]1(C)O3. The quantitative estimate of drug-likeness (QED) is 0.366. The topological polar surface area (TPSA) is 90.4 Å². The fourth-order valence-corrected chi connectivity index (χ4v) is 8.49. The largest absolute Gasteiger partial charge is 0.394 e. The second kappa shape index (κ2) is 12.6. The van der Waals surface area contributed by atoms with Crippen molar-refractivity contribution in [3.8, 4) is 0 Å². The van der Waals surface area contributed by atoms with Crippen LogP contribution in [0.1, 0.15) is 71.3 Å². The van der Waals surface area contributed by atoms with Gasteiger partial charge >= 0.3 is 0 Å². The van der Waals surface area contributed by atoms with Crippen LogP contribution in [0.4, 0.5) is 0 Å². The number of hydrogen-bond acceptors (Lipinski definition) is 5. The summed E-state index contributed by atoms with van der Waals surface area (Å²) in [6.45, 7) is 14.5. The Hall–Kier alpha value is -2.97. The van der Waals surface area contributed by atoms with Crippen LogP contribution in [0.2, 0.25) is 0 Å². The van der Waals surface area contributed by atoms with Crippen molar-refractivity contribution >= 4 is 17.7 Å². The van der Waals surface area contributed by atoms with Crippen LogP contribution in [0.5, 0.6) is 0 Å². The summed E-state index contributed by atoms with van der Waals surface area (Å²) in [5.41, 5.74) is -1.02. The molecule has 8 heteroatoms. The molecule has 3 aliphatic heterocycles. The zero-order valence-corrected chi connectivity index (χ0v) is 26.1. The van der Waals surface area contributed by atoms with Crippen LogP contribution in [0, 0.1) is 17.8 Å². The van der Waals surface area contributed by atoms with Crippen LogP contribution in [0.25, 0.3) is 0 Å². The second-order valence-corrected chi connectivity index (χ2v) is 13.5. The summed E-state index contributed by atoms with van der Waals surface area (Å²) in [6.07, 6.45) is 9.66. The number of benzene rings is 1. The smallest absolute Gasteiger partial charge is 0.248 e. The van der Waals surface area contributed by atoms with Crippen molar-refractivity contribution in [2.75, 3.05) is 19.7 Å². The summed E-state index contributed by atoms with van der Waals surface area (Å²) in [5, 5.41) is 10.6. The van der Waals surface area contributed by atoms with Gasteiger partial charge in [-0.2, -0.15) is 0 Å². The molecule has 1 spiro atoms. The van der Waals surface area contributed by atoms with Crippen LogP contribution in [0.15, 0.2) is 55.6 Å². The number of amides is 3. The molecule has 1 N–H and O–H groups in total. The summed E-state index contributed by atoms with van der Waals surface area (Å²) in [4.78, 5) is 49.3. The Morgan fingerprint density at radius 1 is 1.07 bits per heavy atom. The molecule has 8 nitrogen and oxygen atoms in total. The Morgan fingerprint density at radius 3 is 2.35 bits per heavy atom. The Morgan fingerprint density at radius 2 is 1.74 bits per heavy atom. The first kappa shape index (κ1) is 31.5. The van der Waals surface area contributed by atoms with Gasteiger partial charge in [0.1, 0.15) is 11.6 Å². The van der Waals surface area contributed by atoms with Crippen LogP contribution in [-0.4, -0.2) is 86.6 Å². The van der Waals surface area contributed by atoms with E-state index < -0.39 is 35.1 Å². The van der Waals surface area contributed by atoms with Gasteiger partial charge < -0.3 is 24.5 Å². The monoisotopic (exact) mass is 591 g/mol. The highest BCUT2D eigenvalue weighted by Crippen LogP contribution is 2.64. The van der Waals surface area contributed by atoms with Crippen molar-refractivity contribution in [3.63, 3.8) is 0 Å². The molecule has 234 valence electrons. The number of fused-ring (bicyclic) bond motifs is 1. The van der Waals surface area contributed by atoms with Gasteiger partial charge in [0.05, 0.1) is 30.1 Å². The molecule has 1 aromatic carbocycles. The number of carbonyl (C=O) groups excluding carboxylic acids is 3. The number of aliphatic hydroxyl groups is 1. The number of ether oxygens (including phenoxy) is 1. The van der Waals surface area contributed by atoms with Gasteiger partial charge in [-0.3, -0.25) is 14.4 Å². The maximum absolute atomic E-state index is 14.8. The lowest BCUT2D eigenvalue weighted by atomic mass is 9.66. The first-order valence-electron chi connectivity index (χ1n) is 16.1. The average Bonchev–Trinajstić information content (AvgIpc) is 3.57. The summed E-state index contributed by atoms with van der Waals surface area (Å²) in [5.74, 6) is -2.20. The maximum Gasteiger partial charge on any atom is 0.248 e. The van der Waals surface area contributed by atoms with E-state index in [1.807, 2.05) is 56.0 Å². The molecule has 4 fully saturated rings. The molecule has 3 heterocycles. The van der Waals surface area contributed by atoms with E-state index in [0.29, 0.717) is 32.5 Å². The van der Waals surface area contributed by atoms with Crippen molar-refractivity contribution in [3.05, 3.63) is 61.2 Å². The molecule has 5 rings (SSSR count). The van der Waals surface area contributed by atoms with Gasteiger partial charge in [0.25, 0.3) is 0 Å². The first-order valence-corrected chi connectivity index (χ1v) is 16.1. The third kappa shape index (κ3) is 5.35. The van der Waals surface area contributed by atoms with Crippen molar-refractivity contribution in [2.45, 2.75) is 102 Å². The number of likely N-dealkylation sites (tertiary alicyclic amines) is 1. The van der Waals surface area contributed by atoms with Gasteiger partial charge in [-0.15, -0.1) is 13.2 Å². The molecular weight excluding hydrogens is 542 g/mol. The number of aliphatic hydroxyl groups excluding tert-OH is 1. The molecule has 4 aliphatic rings. The predicted molar refractivity (Wildman–Crippen MR) is 166 cm³/mol. The third-order valence-corrected chi connectivity index (χ3v) is 10.5. The molecular formula is C35H49N3O5. The van der Waals surface area contributed by atoms with Gasteiger partial charge in [0, 0.05) is 25.7 Å². The molecule has 2 unspecified atom stereocenters.